The van der Waals surface area contributed by atoms with E-state index in [1.54, 1.807) is 24.7 Å². The monoisotopic (exact) mass is 216 g/mol. The van der Waals surface area contributed by atoms with Crippen LogP contribution in [0.15, 0.2) is 36.9 Å². The van der Waals surface area contributed by atoms with E-state index in [1.165, 1.54) is 6.20 Å². The highest BCUT2D eigenvalue weighted by atomic mass is 16.3. The van der Waals surface area contributed by atoms with Crippen molar-refractivity contribution in [1.29, 1.82) is 0 Å². The molecule has 0 saturated carbocycles. The zero-order valence-electron chi connectivity index (χ0n) is 8.61. The van der Waals surface area contributed by atoms with Crippen molar-refractivity contribution in [2.24, 2.45) is 0 Å². The Labute approximate surface area is 93.0 Å². The first-order valence-corrected chi connectivity index (χ1v) is 4.90. The highest BCUT2D eigenvalue weighted by molar-refractivity contribution is 5.39. The van der Waals surface area contributed by atoms with E-state index >= 15 is 0 Å². The third kappa shape index (κ3) is 2.32. The molecule has 5 nitrogen and oxygen atoms in total. The van der Waals surface area contributed by atoms with Crippen LogP contribution < -0.4 is 5.73 Å². The van der Waals surface area contributed by atoms with Crippen LogP contribution in [0.25, 0.3) is 0 Å². The molecule has 0 radical (unpaired) electrons. The van der Waals surface area contributed by atoms with Gasteiger partial charge in [-0.2, -0.15) is 0 Å². The van der Waals surface area contributed by atoms with Crippen molar-refractivity contribution in [2.45, 2.75) is 12.5 Å². The first-order chi connectivity index (χ1) is 7.77. The van der Waals surface area contributed by atoms with E-state index in [-0.39, 0.29) is 0 Å². The summed E-state index contributed by atoms with van der Waals surface area (Å²) in [4.78, 5) is 11.9. The quantitative estimate of drug-likeness (QED) is 0.790. The van der Waals surface area contributed by atoms with Gasteiger partial charge in [-0.15, -0.1) is 0 Å². The fourth-order valence-electron chi connectivity index (χ4n) is 1.42. The minimum absolute atomic E-state index is 0.387. The Balaban J connectivity index is 2.14. The summed E-state index contributed by atoms with van der Waals surface area (Å²) in [5.74, 6) is 0.436. The van der Waals surface area contributed by atoms with E-state index < -0.39 is 6.10 Å². The average Bonchev–Trinajstić information content (AvgIpc) is 2.33. The molecule has 82 valence electrons. The van der Waals surface area contributed by atoms with Gasteiger partial charge in [0.1, 0.15) is 11.9 Å². The summed E-state index contributed by atoms with van der Waals surface area (Å²) in [5, 5.41) is 9.91. The molecule has 2 rings (SSSR count). The van der Waals surface area contributed by atoms with Gasteiger partial charge in [0, 0.05) is 25.0 Å². The van der Waals surface area contributed by atoms with E-state index in [9.17, 15) is 5.11 Å². The van der Waals surface area contributed by atoms with Crippen LogP contribution in [0, 0.1) is 0 Å². The van der Waals surface area contributed by atoms with E-state index in [4.69, 9.17) is 5.73 Å². The zero-order chi connectivity index (χ0) is 11.4. The fourth-order valence-corrected chi connectivity index (χ4v) is 1.42. The molecule has 1 unspecified atom stereocenters. The topological polar surface area (TPSA) is 84.9 Å². The summed E-state index contributed by atoms with van der Waals surface area (Å²) in [7, 11) is 0. The van der Waals surface area contributed by atoms with Crippen LogP contribution >= 0.6 is 0 Å². The second-order valence-corrected chi connectivity index (χ2v) is 3.40. The van der Waals surface area contributed by atoms with Crippen molar-refractivity contribution in [3.63, 3.8) is 0 Å². The maximum absolute atomic E-state index is 9.91. The maximum atomic E-state index is 9.91. The van der Waals surface area contributed by atoms with Crippen LogP contribution in [-0.2, 0) is 6.42 Å². The summed E-state index contributed by atoms with van der Waals surface area (Å²) in [6.45, 7) is 0. The van der Waals surface area contributed by atoms with Gasteiger partial charge in [-0.05, 0) is 11.6 Å². The van der Waals surface area contributed by atoms with Crippen molar-refractivity contribution in [3.05, 3.63) is 48.2 Å². The molecule has 0 fully saturated rings. The van der Waals surface area contributed by atoms with Crippen molar-refractivity contribution in [3.8, 4) is 0 Å². The first-order valence-electron chi connectivity index (χ1n) is 4.90. The van der Waals surface area contributed by atoms with Gasteiger partial charge >= 0.3 is 0 Å². The highest BCUT2D eigenvalue weighted by Gasteiger charge is 2.11. The molecular formula is C11H12N4O. The summed E-state index contributed by atoms with van der Waals surface area (Å²) < 4.78 is 0. The van der Waals surface area contributed by atoms with E-state index in [2.05, 4.69) is 15.0 Å². The Hall–Kier alpha value is -2.01. The lowest BCUT2D eigenvalue weighted by atomic mass is 10.1. The number of nitrogens with two attached hydrogens (primary N) is 1. The Bertz CT molecular complexity index is 461. The van der Waals surface area contributed by atoms with Crippen molar-refractivity contribution in [1.82, 2.24) is 15.0 Å². The lowest BCUT2D eigenvalue weighted by Gasteiger charge is -2.10. The molecule has 2 heterocycles. The Morgan fingerprint density at radius 3 is 2.81 bits per heavy atom. The number of rotatable bonds is 3. The minimum Gasteiger partial charge on any atom is -0.386 e. The number of aliphatic hydroxyl groups excluding tert-OH is 1. The smallest absolute Gasteiger partial charge is 0.126 e. The molecule has 2 aromatic rings. The minimum atomic E-state index is -0.708. The fraction of sp³-hybridized carbons (Fsp3) is 0.182. The van der Waals surface area contributed by atoms with Crippen molar-refractivity contribution >= 4 is 5.82 Å². The summed E-state index contributed by atoms with van der Waals surface area (Å²) in [6, 6.07) is 3.62. The number of anilines is 1. The van der Waals surface area contributed by atoms with Gasteiger partial charge in [-0.25, -0.2) is 4.98 Å². The van der Waals surface area contributed by atoms with E-state index in [0.717, 1.165) is 5.56 Å². The van der Waals surface area contributed by atoms with Crippen LogP contribution in [0.1, 0.15) is 17.4 Å². The van der Waals surface area contributed by atoms with E-state index in [0.29, 0.717) is 17.9 Å². The van der Waals surface area contributed by atoms with Crippen molar-refractivity contribution in [2.75, 3.05) is 5.73 Å². The van der Waals surface area contributed by atoms with Gasteiger partial charge in [0.25, 0.3) is 0 Å². The Morgan fingerprint density at radius 2 is 2.12 bits per heavy atom. The molecule has 16 heavy (non-hydrogen) atoms. The molecule has 0 bridgehead atoms. The van der Waals surface area contributed by atoms with Crippen molar-refractivity contribution < 1.29 is 5.11 Å². The van der Waals surface area contributed by atoms with Gasteiger partial charge < -0.3 is 10.8 Å². The number of aliphatic hydroxyl groups is 1. The number of hydrogen-bond acceptors (Lipinski definition) is 5. The molecule has 0 aliphatic heterocycles. The average molecular weight is 216 g/mol. The van der Waals surface area contributed by atoms with Gasteiger partial charge in [-0.1, -0.05) is 6.07 Å². The molecule has 5 heteroatoms. The Morgan fingerprint density at radius 1 is 1.25 bits per heavy atom. The number of hydrogen-bond donors (Lipinski definition) is 2. The molecule has 0 saturated heterocycles. The molecule has 0 aliphatic rings. The molecule has 0 amide bonds. The molecule has 1 atom stereocenters. The number of nitrogen functional groups attached to an aromatic ring is 1. The van der Waals surface area contributed by atoms with Gasteiger partial charge in [0.15, 0.2) is 0 Å². The van der Waals surface area contributed by atoms with Gasteiger partial charge in [0.05, 0.1) is 11.9 Å². The third-order valence-electron chi connectivity index (χ3n) is 2.26. The van der Waals surface area contributed by atoms with E-state index in [1.807, 2.05) is 6.07 Å². The normalized spacial score (nSPS) is 12.3. The van der Waals surface area contributed by atoms with Crippen LogP contribution in [0.5, 0.6) is 0 Å². The van der Waals surface area contributed by atoms with Gasteiger partial charge in [-0.3, -0.25) is 9.97 Å². The molecule has 2 aromatic heterocycles. The lowest BCUT2D eigenvalue weighted by Crippen LogP contribution is -2.07. The van der Waals surface area contributed by atoms with Crippen LogP contribution in [0.2, 0.25) is 0 Å². The standard InChI is InChI=1S/C11H12N4O/c12-11-8(2-1-3-15-11)6-10(16)9-7-13-4-5-14-9/h1-5,7,10,16H,6H2,(H2,12,15). The summed E-state index contributed by atoms with van der Waals surface area (Å²) >= 11 is 0. The number of pyridine rings is 1. The summed E-state index contributed by atoms with van der Waals surface area (Å²) in [6.07, 6.45) is 5.95. The molecular weight excluding hydrogens is 204 g/mol. The largest absolute Gasteiger partial charge is 0.386 e. The van der Waals surface area contributed by atoms with Crippen LogP contribution in [-0.4, -0.2) is 20.1 Å². The predicted molar refractivity (Wildman–Crippen MR) is 59.3 cm³/mol. The molecule has 0 aromatic carbocycles. The van der Waals surface area contributed by atoms with Gasteiger partial charge in [0.2, 0.25) is 0 Å². The molecule has 0 aliphatic carbocycles. The maximum Gasteiger partial charge on any atom is 0.126 e. The predicted octanol–water partition coefficient (Wildman–Crippen LogP) is 0.730. The SMILES string of the molecule is Nc1ncccc1CC(O)c1cnccn1. The third-order valence-corrected chi connectivity index (χ3v) is 2.26. The number of nitrogens with zero attached hydrogens (tertiary/aromatic N) is 3. The number of aromatic nitrogens is 3. The highest BCUT2D eigenvalue weighted by Crippen LogP contribution is 2.18. The summed E-state index contributed by atoms with van der Waals surface area (Å²) in [5.41, 5.74) is 7.03. The zero-order valence-corrected chi connectivity index (χ0v) is 8.61. The molecule has 0 spiro atoms. The molecule has 3 N–H and O–H groups in total. The lowest BCUT2D eigenvalue weighted by molar-refractivity contribution is 0.173. The second-order valence-electron chi connectivity index (χ2n) is 3.40. The second kappa shape index (κ2) is 4.67. The first kappa shape index (κ1) is 10.5. The van der Waals surface area contributed by atoms with Crippen LogP contribution in [0.3, 0.4) is 0 Å². The Kier molecular flexibility index (Phi) is 3.07. The van der Waals surface area contributed by atoms with Crippen LogP contribution in [0.4, 0.5) is 5.82 Å².